The molecule has 62 heavy (non-hydrogen) atoms. The highest BCUT2D eigenvalue weighted by atomic mass is 31.2. The van der Waals surface area contributed by atoms with Crippen LogP contribution in [0.3, 0.4) is 0 Å². The van der Waals surface area contributed by atoms with E-state index < -0.39 is 32.5 Å². The highest BCUT2D eigenvalue weighted by Crippen LogP contribution is 2.43. The molecule has 10 heteroatoms. The molecule has 0 fully saturated rings. The topological polar surface area (TPSA) is 108 Å². The lowest BCUT2D eigenvalue weighted by Gasteiger charge is -2.24. The van der Waals surface area contributed by atoms with E-state index in [9.17, 15) is 19.0 Å². The van der Waals surface area contributed by atoms with Gasteiger partial charge in [-0.25, -0.2) is 4.57 Å². The highest BCUT2D eigenvalue weighted by molar-refractivity contribution is 7.47. The molecule has 0 saturated heterocycles. The van der Waals surface area contributed by atoms with Crippen molar-refractivity contribution < 1.29 is 42.1 Å². The second-order valence-electron chi connectivity index (χ2n) is 18.5. The van der Waals surface area contributed by atoms with Crippen LogP contribution in [0.15, 0.2) is 36.5 Å². The average molecular weight is 897 g/mol. The lowest BCUT2D eigenvalue weighted by Crippen LogP contribution is -2.37. The van der Waals surface area contributed by atoms with Gasteiger partial charge < -0.3 is 18.9 Å². The Bertz CT molecular complexity index is 1150. The Kier molecular flexibility index (Phi) is 43.2. The molecule has 0 aromatic rings. The van der Waals surface area contributed by atoms with Gasteiger partial charge in [0.15, 0.2) is 6.10 Å². The zero-order valence-electron chi connectivity index (χ0n) is 41.1. The van der Waals surface area contributed by atoms with Gasteiger partial charge in [-0.15, -0.1) is 0 Å². The van der Waals surface area contributed by atoms with E-state index in [2.05, 4.69) is 50.3 Å². The molecule has 0 aliphatic heterocycles. The van der Waals surface area contributed by atoms with Gasteiger partial charge in [0.1, 0.15) is 19.8 Å². The molecule has 0 radical (unpaired) electrons. The number of quaternary nitrogens is 1. The van der Waals surface area contributed by atoms with Crippen LogP contribution in [0.1, 0.15) is 232 Å². The molecule has 2 atom stereocenters. The first-order chi connectivity index (χ1) is 30.0. The van der Waals surface area contributed by atoms with Crippen LogP contribution in [0.2, 0.25) is 0 Å². The largest absolute Gasteiger partial charge is 0.472 e. The standard InChI is InChI=1S/C52H98NO8P/c1-6-8-10-12-14-16-18-20-22-23-24-25-26-27-28-29-31-33-35-37-39-41-43-45-52(55)61-50(49-60-62(56,57)59-47-46-53(3,4)5)48-58-51(54)44-42-40-38-36-34-32-30-21-19-17-15-13-11-9-7-2/h21,30,34,36-37,39,50H,6-20,22-29,31-33,35,38,40-49H2,1-5H3/p+1/b30-21+,36-34+,39-37+/t50-/m1/s1. The smallest absolute Gasteiger partial charge is 0.462 e. The zero-order chi connectivity index (χ0) is 45.7. The van der Waals surface area contributed by atoms with E-state index in [1.807, 2.05) is 21.1 Å². The molecule has 0 amide bonds. The maximum Gasteiger partial charge on any atom is 0.472 e. The van der Waals surface area contributed by atoms with Gasteiger partial charge in [0.25, 0.3) is 0 Å². The third-order valence-corrected chi connectivity index (χ3v) is 12.1. The van der Waals surface area contributed by atoms with Crippen LogP contribution in [0.25, 0.3) is 0 Å². The summed E-state index contributed by atoms with van der Waals surface area (Å²) in [6.45, 7) is 4.38. The lowest BCUT2D eigenvalue weighted by atomic mass is 10.0. The number of carbonyl (C=O) groups is 2. The van der Waals surface area contributed by atoms with E-state index in [1.54, 1.807) is 0 Å². The number of hydrogen-bond acceptors (Lipinski definition) is 7. The molecule has 0 spiro atoms. The van der Waals surface area contributed by atoms with Gasteiger partial charge in [0, 0.05) is 12.8 Å². The van der Waals surface area contributed by atoms with Gasteiger partial charge in [0.05, 0.1) is 27.7 Å². The molecular formula is C52H99NO8P+. The van der Waals surface area contributed by atoms with E-state index in [-0.39, 0.29) is 26.1 Å². The Morgan fingerprint density at radius 3 is 1.34 bits per heavy atom. The van der Waals surface area contributed by atoms with Gasteiger partial charge in [-0.1, -0.05) is 192 Å². The number of nitrogens with zero attached hydrogens (tertiary/aromatic N) is 1. The number of allylic oxidation sites excluding steroid dienone is 6. The molecule has 0 aliphatic rings. The van der Waals surface area contributed by atoms with Crippen molar-refractivity contribution in [1.29, 1.82) is 0 Å². The van der Waals surface area contributed by atoms with E-state index in [0.29, 0.717) is 23.9 Å². The summed E-state index contributed by atoms with van der Waals surface area (Å²) in [5.41, 5.74) is 0. The minimum atomic E-state index is -4.39. The van der Waals surface area contributed by atoms with Crippen LogP contribution >= 0.6 is 7.82 Å². The van der Waals surface area contributed by atoms with Crippen molar-refractivity contribution in [2.45, 2.75) is 238 Å². The van der Waals surface area contributed by atoms with Crippen LogP contribution in [-0.4, -0.2) is 74.9 Å². The SMILES string of the molecule is CCCCCCCC/C=C/C/C=C/CCCCC(=O)OC[C@H](COP(=O)(O)OCC[N+](C)(C)C)OC(=O)CCC/C=C/CCCCCCCCCCCCCCCCCCCC. The van der Waals surface area contributed by atoms with Crippen molar-refractivity contribution >= 4 is 19.8 Å². The number of rotatable bonds is 47. The fourth-order valence-corrected chi connectivity index (χ4v) is 7.85. The van der Waals surface area contributed by atoms with Crippen molar-refractivity contribution in [3.05, 3.63) is 36.5 Å². The summed E-state index contributed by atoms with van der Waals surface area (Å²) in [6, 6.07) is 0. The molecule has 364 valence electrons. The van der Waals surface area contributed by atoms with E-state index in [1.165, 1.54) is 154 Å². The maximum absolute atomic E-state index is 12.7. The summed E-state index contributed by atoms with van der Waals surface area (Å²) in [6.07, 6.45) is 52.2. The molecule has 0 rings (SSSR count). The summed E-state index contributed by atoms with van der Waals surface area (Å²) in [4.78, 5) is 35.5. The van der Waals surface area contributed by atoms with Crippen LogP contribution < -0.4 is 0 Å². The van der Waals surface area contributed by atoms with Crippen LogP contribution in [0.4, 0.5) is 0 Å². The van der Waals surface area contributed by atoms with Crippen molar-refractivity contribution in [1.82, 2.24) is 0 Å². The van der Waals surface area contributed by atoms with Gasteiger partial charge >= 0.3 is 19.8 Å². The van der Waals surface area contributed by atoms with Gasteiger partial charge in [-0.05, 0) is 64.2 Å². The van der Waals surface area contributed by atoms with Gasteiger partial charge in [0.2, 0.25) is 0 Å². The minimum absolute atomic E-state index is 0.0227. The van der Waals surface area contributed by atoms with Crippen LogP contribution in [0.5, 0.6) is 0 Å². The van der Waals surface area contributed by atoms with Gasteiger partial charge in [-0.3, -0.25) is 18.6 Å². The van der Waals surface area contributed by atoms with E-state index in [0.717, 1.165) is 38.5 Å². The van der Waals surface area contributed by atoms with Crippen molar-refractivity contribution in [3.8, 4) is 0 Å². The average Bonchev–Trinajstić information content (AvgIpc) is 3.23. The molecular weight excluding hydrogens is 798 g/mol. The minimum Gasteiger partial charge on any atom is -0.462 e. The Labute approximate surface area is 382 Å². The summed E-state index contributed by atoms with van der Waals surface area (Å²) in [5.74, 6) is -0.867. The molecule has 0 saturated carbocycles. The van der Waals surface area contributed by atoms with E-state index in [4.69, 9.17) is 18.5 Å². The third-order valence-electron chi connectivity index (χ3n) is 11.1. The normalized spacial score (nSPS) is 13.7. The summed E-state index contributed by atoms with van der Waals surface area (Å²) < 4.78 is 34.3. The number of unbranched alkanes of at least 4 members (excludes halogenated alkanes) is 27. The number of hydrogen-bond donors (Lipinski definition) is 1. The highest BCUT2D eigenvalue weighted by Gasteiger charge is 2.27. The first-order valence-electron chi connectivity index (χ1n) is 25.7. The third kappa shape index (κ3) is 47.7. The number of phosphoric acid groups is 1. The second-order valence-corrected chi connectivity index (χ2v) is 20.0. The van der Waals surface area contributed by atoms with Crippen LogP contribution in [-0.2, 0) is 32.7 Å². The number of carbonyl (C=O) groups excluding carboxylic acids is 2. The molecule has 0 aliphatic carbocycles. The lowest BCUT2D eigenvalue weighted by molar-refractivity contribution is -0.870. The number of likely N-dealkylation sites (N-methyl/N-ethyl adjacent to an activating group) is 1. The second kappa shape index (κ2) is 44.4. The Balaban J connectivity index is 4.28. The maximum atomic E-state index is 12.7. The predicted octanol–water partition coefficient (Wildman–Crippen LogP) is 15.3. The molecule has 9 nitrogen and oxygen atoms in total. The molecule has 1 unspecified atom stereocenters. The zero-order valence-corrected chi connectivity index (χ0v) is 42.0. The Hall–Kier alpha value is -1.77. The van der Waals surface area contributed by atoms with Gasteiger partial charge in [-0.2, -0.15) is 0 Å². The predicted molar refractivity (Wildman–Crippen MR) is 261 cm³/mol. The Morgan fingerprint density at radius 2 is 0.887 bits per heavy atom. The summed E-state index contributed by atoms with van der Waals surface area (Å²) in [7, 11) is 1.45. The van der Waals surface area contributed by atoms with Crippen molar-refractivity contribution in [2.75, 3.05) is 47.5 Å². The number of esters is 2. The quantitative estimate of drug-likeness (QED) is 0.0212. The molecule has 0 aromatic heterocycles. The van der Waals surface area contributed by atoms with Crippen molar-refractivity contribution in [3.63, 3.8) is 0 Å². The van der Waals surface area contributed by atoms with E-state index >= 15 is 0 Å². The number of phosphoric ester groups is 1. The first-order valence-corrected chi connectivity index (χ1v) is 27.2. The van der Waals surface area contributed by atoms with Crippen LogP contribution in [0, 0.1) is 0 Å². The molecule has 0 bridgehead atoms. The molecule has 0 heterocycles. The summed E-state index contributed by atoms with van der Waals surface area (Å²) in [5, 5.41) is 0. The fourth-order valence-electron chi connectivity index (χ4n) is 7.11. The first kappa shape index (κ1) is 60.2. The molecule has 1 N–H and O–H groups in total. The van der Waals surface area contributed by atoms with Crippen molar-refractivity contribution in [2.24, 2.45) is 0 Å². The summed E-state index contributed by atoms with van der Waals surface area (Å²) >= 11 is 0. The Morgan fingerprint density at radius 1 is 0.500 bits per heavy atom. The number of ether oxygens (including phenoxy) is 2. The fraction of sp³-hybridized carbons (Fsp3) is 0.846. The monoisotopic (exact) mass is 897 g/mol. The molecule has 0 aromatic carbocycles.